The van der Waals surface area contributed by atoms with Gasteiger partial charge in [-0.05, 0) is 44.6 Å². The highest BCUT2D eigenvalue weighted by atomic mass is 16.5. The Labute approximate surface area is 246 Å². The van der Waals surface area contributed by atoms with E-state index >= 15 is 0 Å². The molecular formula is C34H63NO5. The summed E-state index contributed by atoms with van der Waals surface area (Å²) >= 11 is 0. The van der Waals surface area contributed by atoms with E-state index < -0.39 is 5.97 Å². The Balaban J connectivity index is 4.19. The number of esters is 1. The average Bonchev–Trinajstić information content (AvgIpc) is 2.93. The zero-order valence-electron chi connectivity index (χ0n) is 26.2. The van der Waals surface area contributed by atoms with Crippen LogP contribution in [0, 0.1) is 0 Å². The Hall–Kier alpha value is -1.85. The van der Waals surface area contributed by atoms with Crippen molar-refractivity contribution in [1.29, 1.82) is 0 Å². The predicted molar refractivity (Wildman–Crippen MR) is 166 cm³/mol. The molecule has 0 radical (unpaired) electrons. The third-order valence-corrected chi connectivity index (χ3v) is 7.42. The molecule has 1 atom stereocenters. The van der Waals surface area contributed by atoms with Crippen molar-refractivity contribution in [2.24, 2.45) is 0 Å². The highest BCUT2D eigenvalue weighted by Gasteiger charge is 2.12. The lowest BCUT2D eigenvalue weighted by Crippen LogP contribution is -2.28. The minimum absolute atomic E-state index is 0.0831. The lowest BCUT2D eigenvalue weighted by atomic mass is 10.0. The van der Waals surface area contributed by atoms with Crippen molar-refractivity contribution < 1.29 is 24.2 Å². The van der Waals surface area contributed by atoms with E-state index in [1.165, 1.54) is 96.3 Å². The van der Waals surface area contributed by atoms with Crippen LogP contribution in [0.2, 0.25) is 0 Å². The summed E-state index contributed by atoms with van der Waals surface area (Å²) in [6.45, 7) is 4.17. The molecule has 1 unspecified atom stereocenters. The minimum Gasteiger partial charge on any atom is -0.480 e. The van der Waals surface area contributed by atoms with Crippen LogP contribution in [0.3, 0.4) is 0 Å². The Morgan fingerprint density at radius 1 is 0.650 bits per heavy atom. The summed E-state index contributed by atoms with van der Waals surface area (Å²) in [6.07, 6.45) is 31.9. The number of carbonyl (C=O) groups excluding carboxylic acids is 2. The molecule has 0 saturated heterocycles. The Morgan fingerprint density at radius 3 is 1.68 bits per heavy atom. The molecule has 0 spiro atoms. The number of rotatable bonds is 30. The molecule has 0 aliphatic rings. The fourth-order valence-electron chi connectivity index (χ4n) is 4.89. The van der Waals surface area contributed by atoms with Gasteiger partial charge in [0.05, 0.1) is 0 Å². The SMILES string of the molecule is CCCCCCCC/C=C\C(CCCCCCC(=O)NCC(=O)O)OC(=O)CCCCCCCCCCCCC. The molecule has 0 saturated carbocycles. The number of ether oxygens (including phenoxy) is 1. The van der Waals surface area contributed by atoms with Crippen molar-refractivity contribution in [2.75, 3.05) is 6.54 Å². The van der Waals surface area contributed by atoms with Gasteiger partial charge in [-0.3, -0.25) is 14.4 Å². The molecule has 0 fully saturated rings. The first-order valence-corrected chi connectivity index (χ1v) is 16.8. The number of unbranched alkanes of at least 4 members (excludes halogenated alkanes) is 19. The summed E-state index contributed by atoms with van der Waals surface area (Å²) < 4.78 is 5.86. The minimum atomic E-state index is -1.03. The summed E-state index contributed by atoms with van der Waals surface area (Å²) in [5.74, 6) is -1.32. The van der Waals surface area contributed by atoms with Crippen molar-refractivity contribution in [3.05, 3.63) is 12.2 Å². The molecule has 2 N–H and O–H groups in total. The first kappa shape index (κ1) is 38.1. The van der Waals surface area contributed by atoms with Crippen LogP contribution < -0.4 is 5.32 Å². The van der Waals surface area contributed by atoms with Gasteiger partial charge in [0, 0.05) is 12.8 Å². The van der Waals surface area contributed by atoms with E-state index in [0.717, 1.165) is 51.4 Å². The lowest BCUT2D eigenvalue weighted by molar-refractivity contribution is -0.147. The Kier molecular flexibility index (Phi) is 28.7. The van der Waals surface area contributed by atoms with Gasteiger partial charge in [-0.2, -0.15) is 0 Å². The zero-order chi connectivity index (χ0) is 29.5. The Morgan fingerprint density at radius 2 is 1.12 bits per heavy atom. The second-order valence-corrected chi connectivity index (χ2v) is 11.4. The van der Waals surface area contributed by atoms with Gasteiger partial charge in [0.15, 0.2) is 0 Å². The zero-order valence-corrected chi connectivity index (χ0v) is 26.2. The standard InChI is InChI=1S/C34H63NO5/c1-3-5-7-9-11-13-14-15-17-19-25-29-34(39)40-31(26-22-18-16-12-10-8-6-4-2)27-23-20-21-24-28-32(36)35-30-33(37)38/h22,26,31H,3-21,23-25,27-30H2,1-2H3,(H,35,36)(H,37,38)/b26-22-. The largest absolute Gasteiger partial charge is 0.480 e. The van der Waals surface area contributed by atoms with E-state index in [4.69, 9.17) is 9.84 Å². The van der Waals surface area contributed by atoms with Crippen molar-refractivity contribution in [2.45, 2.75) is 180 Å². The summed E-state index contributed by atoms with van der Waals surface area (Å²) in [7, 11) is 0. The van der Waals surface area contributed by atoms with Gasteiger partial charge in [-0.15, -0.1) is 0 Å². The van der Waals surface area contributed by atoms with E-state index in [2.05, 4.69) is 31.3 Å². The smallest absolute Gasteiger partial charge is 0.322 e. The quantitative estimate of drug-likeness (QED) is 0.0514. The highest BCUT2D eigenvalue weighted by molar-refractivity contribution is 5.80. The molecule has 0 aromatic rings. The van der Waals surface area contributed by atoms with E-state index in [1.807, 2.05) is 0 Å². The topological polar surface area (TPSA) is 92.7 Å². The lowest BCUT2D eigenvalue weighted by Gasteiger charge is -2.15. The molecule has 0 bridgehead atoms. The van der Waals surface area contributed by atoms with Crippen LogP contribution in [0.15, 0.2) is 12.2 Å². The van der Waals surface area contributed by atoms with Gasteiger partial charge in [-0.25, -0.2) is 0 Å². The number of carbonyl (C=O) groups is 3. The first-order chi connectivity index (χ1) is 19.5. The molecule has 0 aliphatic heterocycles. The maximum atomic E-state index is 12.5. The van der Waals surface area contributed by atoms with Crippen LogP contribution in [-0.2, 0) is 19.1 Å². The number of carboxylic acids is 1. The van der Waals surface area contributed by atoms with E-state index in [0.29, 0.717) is 12.8 Å². The highest BCUT2D eigenvalue weighted by Crippen LogP contribution is 2.15. The second-order valence-electron chi connectivity index (χ2n) is 11.4. The molecule has 0 aliphatic carbocycles. The number of amides is 1. The van der Waals surface area contributed by atoms with Crippen LogP contribution in [0.5, 0.6) is 0 Å². The fraction of sp³-hybridized carbons (Fsp3) is 0.853. The number of aliphatic carboxylic acids is 1. The number of hydrogen-bond acceptors (Lipinski definition) is 4. The molecular weight excluding hydrogens is 502 g/mol. The van der Waals surface area contributed by atoms with Gasteiger partial charge in [0.25, 0.3) is 0 Å². The maximum Gasteiger partial charge on any atom is 0.322 e. The molecule has 6 heteroatoms. The molecule has 0 rings (SSSR count). The van der Waals surface area contributed by atoms with E-state index in [-0.39, 0.29) is 24.5 Å². The number of carboxylic acid groups (broad SMARTS) is 1. The van der Waals surface area contributed by atoms with Gasteiger partial charge >= 0.3 is 11.9 Å². The second kappa shape index (κ2) is 30.1. The molecule has 0 heterocycles. The molecule has 0 aromatic heterocycles. The molecule has 1 amide bonds. The van der Waals surface area contributed by atoms with Crippen LogP contribution in [0.4, 0.5) is 0 Å². The predicted octanol–water partition coefficient (Wildman–Crippen LogP) is 9.45. The molecule has 234 valence electrons. The van der Waals surface area contributed by atoms with Crippen molar-refractivity contribution in [3.63, 3.8) is 0 Å². The van der Waals surface area contributed by atoms with Gasteiger partial charge < -0.3 is 15.2 Å². The Bertz CT molecular complexity index is 634. The third kappa shape index (κ3) is 29.1. The van der Waals surface area contributed by atoms with Gasteiger partial charge in [0.1, 0.15) is 12.6 Å². The summed E-state index contributed by atoms with van der Waals surface area (Å²) in [5.41, 5.74) is 0. The van der Waals surface area contributed by atoms with Crippen LogP contribution in [0.25, 0.3) is 0 Å². The van der Waals surface area contributed by atoms with E-state index in [1.54, 1.807) is 0 Å². The van der Waals surface area contributed by atoms with Crippen molar-refractivity contribution in [3.8, 4) is 0 Å². The van der Waals surface area contributed by atoms with Crippen LogP contribution >= 0.6 is 0 Å². The number of nitrogens with one attached hydrogen (secondary N) is 1. The first-order valence-electron chi connectivity index (χ1n) is 16.8. The van der Waals surface area contributed by atoms with E-state index in [9.17, 15) is 14.4 Å². The average molecular weight is 566 g/mol. The number of allylic oxidation sites excluding steroid dienone is 1. The van der Waals surface area contributed by atoms with Crippen LogP contribution in [0.1, 0.15) is 174 Å². The normalized spacial score (nSPS) is 12.1. The fourth-order valence-corrected chi connectivity index (χ4v) is 4.89. The molecule has 0 aromatic carbocycles. The van der Waals surface area contributed by atoms with Gasteiger partial charge in [0.2, 0.25) is 5.91 Å². The third-order valence-electron chi connectivity index (χ3n) is 7.42. The maximum absolute atomic E-state index is 12.5. The monoisotopic (exact) mass is 565 g/mol. The van der Waals surface area contributed by atoms with Crippen molar-refractivity contribution in [1.82, 2.24) is 5.32 Å². The van der Waals surface area contributed by atoms with Crippen LogP contribution in [-0.4, -0.2) is 35.6 Å². The summed E-state index contributed by atoms with van der Waals surface area (Å²) in [5, 5.41) is 11.0. The van der Waals surface area contributed by atoms with Gasteiger partial charge in [-0.1, -0.05) is 129 Å². The summed E-state index contributed by atoms with van der Waals surface area (Å²) in [4.78, 5) is 34.7. The summed E-state index contributed by atoms with van der Waals surface area (Å²) in [6, 6.07) is 0. The molecule has 40 heavy (non-hydrogen) atoms. The molecule has 6 nitrogen and oxygen atoms in total. The van der Waals surface area contributed by atoms with Crippen molar-refractivity contribution >= 4 is 17.8 Å². The number of hydrogen-bond donors (Lipinski definition) is 2.